The molecule has 0 unspecified atom stereocenters. The molecule has 1 saturated carbocycles. The van der Waals surface area contributed by atoms with E-state index in [0.29, 0.717) is 24.9 Å². The number of carbonyl (C=O) groups excluding carboxylic acids is 1. The SMILES string of the molecule is CCc1ccc(N(CC(=O)NCCCOC2CCCCC2)S(C)(=O)=O)cc1. The molecule has 1 N–H and O–H groups in total. The number of amides is 1. The van der Waals surface area contributed by atoms with Gasteiger partial charge in [0.2, 0.25) is 15.9 Å². The van der Waals surface area contributed by atoms with E-state index in [1.54, 1.807) is 12.1 Å². The molecule has 1 amide bonds. The maximum atomic E-state index is 12.2. The van der Waals surface area contributed by atoms with Crippen LogP contribution in [0.3, 0.4) is 0 Å². The molecule has 1 aliphatic carbocycles. The smallest absolute Gasteiger partial charge is 0.240 e. The highest BCUT2D eigenvalue weighted by Gasteiger charge is 2.20. The minimum absolute atomic E-state index is 0.214. The fourth-order valence-corrected chi connectivity index (χ4v) is 4.12. The van der Waals surface area contributed by atoms with Gasteiger partial charge in [0.15, 0.2) is 0 Å². The van der Waals surface area contributed by atoms with Crippen molar-refractivity contribution in [1.29, 1.82) is 0 Å². The first-order valence-electron chi connectivity index (χ1n) is 9.85. The fraction of sp³-hybridized carbons (Fsp3) is 0.650. The quantitative estimate of drug-likeness (QED) is 0.617. The van der Waals surface area contributed by atoms with E-state index in [2.05, 4.69) is 5.32 Å². The van der Waals surface area contributed by atoms with E-state index in [9.17, 15) is 13.2 Å². The monoisotopic (exact) mass is 396 g/mol. The van der Waals surface area contributed by atoms with Gasteiger partial charge >= 0.3 is 0 Å². The highest BCUT2D eigenvalue weighted by Crippen LogP contribution is 2.20. The van der Waals surface area contributed by atoms with Gasteiger partial charge < -0.3 is 10.1 Å². The summed E-state index contributed by atoms with van der Waals surface area (Å²) < 4.78 is 31.2. The summed E-state index contributed by atoms with van der Waals surface area (Å²) >= 11 is 0. The van der Waals surface area contributed by atoms with Crippen LogP contribution >= 0.6 is 0 Å². The van der Waals surface area contributed by atoms with Crippen LogP contribution < -0.4 is 9.62 Å². The van der Waals surface area contributed by atoms with Crippen LogP contribution in [0.2, 0.25) is 0 Å². The lowest BCUT2D eigenvalue weighted by Crippen LogP contribution is -2.40. The molecule has 2 rings (SSSR count). The van der Waals surface area contributed by atoms with Crippen molar-refractivity contribution in [1.82, 2.24) is 5.32 Å². The zero-order valence-corrected chi connectivity index (χ0v) is 17.3. The van der Waals surface area contributed by atoms with E-state index in [0.717, 1.165) is 41.8 Å². The van der Waals surface area contributed by atoms with E-state index in [-0.39, 0.29) is 12.5 Å². The van der Waals surface area contributed by atoms with Gasteiger partial charge in [-0.15, -0.1) is 0 Å². The van der Waals surface area contributed by atoms with Crippen molar-refractivity contribution in [2.24, 2.45) is 0 Å². The maximum Gasteiger partial charge on any atom is 0.240 e. The van der Waals surface area contributed by atoms with Crippen molar-refractivity contribution < 1.29 is 17.9 Å². The van der Waals surface area contributed by atoms with E-state index in [1.165, 1.54) is 19.3 Å². The highest BCUT2D eigenvalue weighted by atomic mass is 32.2. The van der Waals surface area contributed by atoms with Gasteiger partial charge in [0.25, 0.3) is 0 Å². The third-order valence-corrected chi connectivity index (χ3v) is 6.01. The minimum Gasteiger partial charge on any atom is -0.378 e. The van der Waals surface area contributed by atoms with E-state index >= 15 is 0 Å². The second kappa shape index (κ2) is 10.7. The summed E-state index contributed by atoms with van der Waals surface area (Å²) in [5.41, 5.74) is 1.63. The van der Waals surface area contributed by atoms with Gasteiger partial charge in [0.05, 0.1) is 18.0 Å². The molecule has 0 heterocycles. The number of hydrogen-bond acceptors (Lipinski definition) is 4. The van der Waals surface area contributed by atoms with Gasteiger partial charge in [0, 0.05) is 13.2 Å². The molecule has 0 radical (unpaired) electrons. The Kier molecular flexibility index (Phi) is 8.57. The molecular weight excluding hydrogens is 364 g/mol. The van der Waals surface area contributed by atoms with Gasteiger partial charge in [-0.1, -0.05) is 38.3 Å². The predicted molar refractivity (Wildman–Crippen MR) is 108 cm³/mol. The van der Waals surface area contributed by atoms with Crippen LogP contribution in [-0.4, -0.2) is 46.4 Å². The van der Waals surface area contributed by atoms with Crippen molar-refractivity contribution in [3.63, 3.8) is 0 Å². The molecule has 0 spiro atoms. The summed E-state index contributed by atoms with van der Waals surface area (Å²) in [6.45, 7) is 2.93. The Balaban J connectivity index is 1.77. The highest BCUT2D eigenvalue weighted by molar-refractivity contribution is 7.92. The molecule has 0 saturated heterocycles. The second-order valence-corrected chi connectivity index (χ2v) is 9.03. The van der Waals surface area contributed by atoms with Crippen LogP contribution in [0.25, 0.3) is 0 Å². The second-order valence-electron chi connectivity index (χ2n) is 7.12. The molecule has 1 aromatic rings. The fourth-order valence-electron chi connectivity index (χ4n) is 3.27. The van der Waals surface area contributed by atoms with Gasteiger partial charge in [-0.25, -0.2) is 8.42 Å². The van der Waals surface area contributed by atoms with Crippen molar-refractivity contribution >= 4 is 21.6 Å². The summed E-state index contributed by atoms with van der Waals surface area (Å²) in [4.78, 5) is 12.2. The Bertz CT molecular complexity index is 682. The lowest BCUT2D eigenvalue weighted by molar-refractivity contribution is -0.119. The molecule has 0 bridgehead atoms. The largest absolute Gasteiger partial charge is 0.378 e. The summed E-state index contributed by atoms with van der Waals surface area (Å²) in [5.74, 6) is -0.308. The first-order valence-corrected chi connectivity index (χ1v) is 11.7. The Morgan fingerprint density at radius 1 is 1.19 bits per heavy atom. The first-order chi connectivity index (χ1) is 12.9. The lowest BCUT2D eigenvalue weighted by atomic mass is 9.98. The predicted octanol–water partition coefficient (Wildman–Crippen LogP) is 2.87. The zero-order chi connectivity index (χ0) is 19.7. The third kappa shape index (κ3) is 7.50. The number of carbonyl (C=O) groups is 1. The summed E-state index contributed by atoms with van der Waals surface area (Å²) in [6.07, 6.45) is 9.12. The lowest BCUT2D eigenvalue weighted by Gasteiger charge is -2.23. The average Bonchev–Trinajstić information content (AvgIpc) is 2.66. The average molecular weight is 397 g/mol. The minimum atomic E-state index is -3.53. The van der Waals surface area contributed by atoms with Gasteiger partial charge in [-0.05, 0) is 43.4 Å². The maximum absolute atomic E-state index is 12.2. The van der Waals surface area contributed by atoms with E-state index < -0.39 is 10.0 Å². The summed E-state index contributed by atoms with van der Waals surface area (Å²) in [6, 6.07) is 7.25. The number of benzene rings is 1. The van der Waals surface area contributed by atoms with Gasteiger partial charge in [-0.3, -0.25) is 9.10 Å². The number of rotatable bonds is 10. The molecule has 152 valence electrons. The van der Waals surface area contributed by atoms with Crippen molar-refractivity contribution in [2.45, 2.75) is 58.0 Å². The van der Waals surface area contributed by atoms with Crippen LogP contribution in [0.4, 0.5) is 5.69 Å². The molecule has 0 atom stereocenters. The Morgan fingerprint density at radius 3 is 2.44 bits per heavy atom. The zero-order valence-electron chi connectivity index (χ0n) is 16.4. The Hall–Kier alpha value is -1.60. The van der Waals surface area contributed by atoms with E-state index in [4.69, 9.17) is 4.74 Å². The molecule has 6 nitrogen and oxygen atoms in total. The van der Waals surface area contributed by atoms with Crippen molar-refractivity contribution in [3.05, 3.63) is 29.8 Å². The van der Waals surface area contributed by atoms with Gasteiger partial charge in [0.1, 0.15) is 6.54 Å². The van der Waals surface area contributed by atoms with Crippen LogP contribution in [0.1, 0.15) is 51.0 Å². The number of aryl methyl sites for hydroxylation is 1. The van der Waals surface area contributed by atoms with Crippen molar-refractivity contribution in [3.8, 4) is 0 Å². The van der Waals surface area contributed by atoms with E-state index in [1.807, 2.05) is 19.1 Å². The topological polar surface area (TPSA) is 75.7 Å². The molecule has 7 heteroatoms. The Morgan fingerprint density at radius 2 is 1.85 bits per heavy atom. The summed E-state index contributed by atoms with van der Waals surface area (Å²) in [7, 11) is -3.53. The molecule has 1 aliphatic rings. The first kappa shape index (κ1) is 21.7. The Labute approximate surface area is 163 Å². The number of nitrogens with zero attached hydrogens (tertiary/aromatic N) is 1. The molecule has 0 aromatic heterocycles. The molecule has 1 fully saturated rings. The molecular formula is C20H32N2O4S. The normalized spacial score (nSPS) is 15.5. The number of ether oxygens (including phenoxy) is 1. The van der Waals surface area contributed by atoms with Crippen molar-refractivity contribution in [2.75, 3.05) is 30.3 Å². The van der Waals surface area contributed by atoms with Crippen LogP contribution in [0.15, 0.2) is 24.3 Å². The number of sulfonamides is 1. The molecule has 27 heavy (non-hydrogen) atoms. The standard InChI is InChI=1S/C20H32N2O4S/c1-3-17-10-12-18(13-11-17)22(27(2,24)25)16-20(23)21-14-7-15-26-19-8-5-4-6-9-19/h10-13,19H,3-9,14-16H2,1-2H3,(H,21,23). The number of anilines is 1. The number of nitrogens with one attached hydrogen (secondary N) is 1. The number of hydrogen-bond donors (Lipinski definition) is 1. The summed E-state index contributed by atoms with van der Waals surface area (Å²) in [5, 5.41) is 2.79. The molecule has 1 aromatic carbocycles. The third-order valence-electron chi connectivity index (χ3n) is 4.87. The van der Waals surface area contributed by atoms with Crippen LogP contribution in [0, 0.1) is 0 Å². The molecule has 0 aliphatic heterocycles. The van der Waals surface area contributed by atoms with Crippen LogP contribution in [-0.2, 0) is 26.0 Å². The van der Waals surface area contributed by atoms with Crippen LogP contribution in [0.5, 0.6) is 0 Å². The van der Waals surface area contributed by atoms with Gasteiger partial charge in [-0.2, -0.15) is 0 Å².